The van der Waals surface area contributed by atoms with Gasteiger partial charge in [-0.2, -0.15) is 0 Å². The standard InChI is InChI=1S/C22H22N2O/c1-4-17-6-5-15(2)13-21(17)18-7-9-19(10-8-18)24-22(25)20-11-12-23-14-16(20)3/h5-14H,4H2,1-3H3,(H,24,25). The van der Waals surface area contributed by atoms with Crippen LogP contribution in [0.15, 0.2) is 60.9 Å². The van der Waals surface area contributed by atoms with Crippen molar-refractivity contribution in [3.8, 4) is 11.1 Å². The number of benzene rings is 2. The number of nitrogens with one attached hydrogen (secondary N) is 1. The van der Waals surface area contributed by atoms with Gasteiger partial charge in [-0.3, -0.25) is 9.78 Å². The van der Waals surface area contributed by atoms with E-state index in [1.165, 1.54) is 22.3 Å². The molecular formula is C22H22N2O. The predicted octanol–water partition coefficient (Wildman–Crippen LogP) is 5.18. The van der Waals surface area contributed by atoms with Crippen LogP contribution in [0, 0.1) is 13.8 Å². The highest BCUT2D eigenvalue weighted by Crippen LogP contribution is 2.27. The van der Waals surface area contributed by atoms with Crippen molar-refractivity contribution in [1.29, 1.82) is 0 Å². The lowest BCUT2D eigenvalue weighted by atomic mass is 9.96. The van der Waals surface area contributed by atoms with E-state index >= 15 is 0 Å². The van der Waals surface area contributed by atoms with Gasteiger partial charge in [0.25, 0.3) is 5.91 Å². The summed E-state index contributed by atoms with van der Waals surface area (Å²) < 4.78 is 0. The predicted molar refractivity (Wildman–Crippen MR) is 103 cm³/mol. The van der Waals surface area contributed by atoms with Gasteiger partial charge in [0.05, 0.1) is 0 Å². The fraction of sp³-hybridized carbons (Fsp3) is 0.182. The number of hydrogen-bond donors (Lipinski definition) is 1. The Labute approximate surface area is 148 Å². The highest BCUT2D eigenvalue weighted by atomic mass is 16.1. The Morgan fingerprint density at radius 3 is 2.48 bits per heavy atom. The molecule has 1 amide bonds. The lowest BCUT2D eigenvalue weighted by molar-refractivity contribution is 0.102. The fourth-order valence-electron chi connectivity index (χ4n) is 2.93. The molecule has 3 nitrogen and oxygen atoms in total. The van der Waals surface area contributed by atoms with Gasteiger partial charge in [-0.15, -0.1) is 0 Å². The van der Waals surface area contributed by atoms with Crippen molar-refractivity contribution in [1.82, 2.24) is 4.98 Å². The Kier molecular flexibility index (Phi) is 4.94. The highest BCUT2D eigenvalue weighted by Gasteiger charge is 2.09. The van der Waals surface area contributed by atoms with Gasteiger partial charge in [0, 0.05) is 23.6 Å². The molecule has 126 valence electrons. The van der Waals surface area contributed by atoms with Crippen molar-refractivity contribution >= 4 is 11.6 Å². The van der Waals surface area contributed by atoms with Crippen molar-refractivity contribution in [3.63, 3.8) is 0 Å². The van der Waals surface area contributed by atoms with Crippen LogP contribution in [0.5, 0.6) is 0 Å². The molecule has 2 aromatic carbocycles. The SMILES string of the molecule is CCc1ccc(C)cc1-c1ccc(NC(=O)c2ccncc2C)cc1. The molecule has 0 spiro atoms. The van der Waals surface area contributed by atoms with Crippen molar-refractivity contribution in [2.45, 2.75) is 27.2 Å². The zero-order valence-corrected chi connectivity index (χ0v) is 14.8. The highest BCUT2D eigenvalue weighted by molar-refractivity contribution is 6.05. The first-order valence-corrected chi connectivity index (χ1v) is 8.50. The van der Waals surface area contributed by atoms with Gasteiger partial charge in [0.1, 0.15) is 0 Å². The number of aromatic nitrogens is 1. The molecule has 0 unspecified atom stereocenters. The van der Waals surface area contributed by atoms with Crippen molar-refractivity contribution < 1.29 is 4.79 Å². The zero-order valence-electron chi connectivity index (χ0n) is 14.8. The van der Waals surface area contributed by atoms with Gasteiger partial charge in [-0.05, 0) is 60.7 Å². The second kappa shape index (κ2) is 7.31. The molecule has 0 bridgehead atoms. The summed E-state index contributed by atoms with van der Waals surface area (Å²) in [5.41, 5.74) is 7.29. The molecule has 0 aliphatic heterocycles. The second-order valence-corrected chi connectivity index (χ2v) is 6.24. The third kappa shape index (κ3) is 3.77. The van der Waals surface area contributed by atoms with Gasteiger partial charge < -0.3 is 5.32 Å². The first-order valence-electron chi connectivity index (χ1n) is 8.50. The topological polar surface area (TPSA) is 42.0 Å². The van der Waals surface area contributed by atoms with Crippen LogP contribution in [0.3, 0.4) is 0 Å². The molecule has 3 heteroatoms. The van der Waals surface area contributed by atoms with E-state index in [2.05, 4.69) is 54.5 Å². The fourth-order valence-corrected chi connectivity index (χ4v) is 2.93. The Balaban J connectivity index is 1.83. The number of carbonyl (C=O) groups excluding carboxylic acids is 1. The largest absolute Gasteiger partial charge is 0.322 e. The lowest BCUT2D eigenvalue weighted by Gasteiger charge is -2.11. The first kappa shape index (κ1) is 16.9. The van der Waals surface area contributed by atoms with Crippen LogP contribution in [-0.2, 0) is 6.42 Å². The number of nitrogens with zero attached hydrogens (tertiary/aromatic N) is 1. The maximum absolute atomic E-state index is 12.4. The molecule has 1 N–H and O–H groups in total. The van der Waals surface area contributed by atoms with Crippen LogP contribution in [0.4, 0.5) is 5.69 Å². The third-order valence-electron chi connectivity index (χ3n) is 4.36. The molecule has 25 heavy (non-hydrogen) atoms. The first-order chi connectivity index (χ1) is 12.1. The number of hydrogen-bond acceptors (Lipinski definition) is 2. The summed E-state index contributed by atoms with van der Waals surface area (Å²) >= 11 is 0. The second-order valence-electron chi connectivity index (χ2n) is 6.24. The molecule has 0 saturated heterocycles. The monoisotopic (exact) mass is 330 g/mol. The number of aryl methyl sites for hydroxylation is 3. The lowest BCUT2D eigenvalue weighted by Crippen LogP contribution is -2.13. The maximum Gasteiger partial charge on any atom is 0.256 e. The zero-order chi connectivity index (χ0) is 17.8. The molecule has 0 fully saturated rings. The normalized spacial score (nSPS) is 10.5. The minimum absolute atomic E-state index is 0.113. The Hall–Kier alpha value is -2.94. The van der Waals surface area contributed by atoms with Crippen molar-refractivity contribution in [3.05, 3.63) is 83.2 Å². The summed E-state index contributed by atoms with van der Waals surface area (Å²) in [6.07, 6.45) is 4.33. The smallest absolute Gasteiger partial charge is 0.256 e. The van der Waals surface area contributed by atoms with Crippen LogP contribution >= 0.6 is 0 Å². The van der Waals surface area contributed by atoms with E-state index in [1.807, 2.05) is 19.1 Å². The van der Waals surface area contributed by atoms with E-state index in [0.29, 0.717) is 5.56 Å². The van der Waals surface area contributed by atoms with Gasteiger partial charge >= 0.3 is 0 Å². The molecule has 1 heterocycles. The molecule has 0 radical (unpaired) electrons. The Morgan fingerprint density at radius 2 is 1.80 bits per heavy atom. The molecule has 0 saturated carbocycles. The van der Waals surface area contributed by atoms with Crippen molar-refractivity contribution in [2.24, 2.45) is 0 Å². The molecule has 3 rings (SSSR count). The van der Waals surface area contributed by atoms with E-state index in [-0.39, 0.29) is 5.91 Å². The number of amides is 1. The van der Waals surface area contributed by atoms with E-state index in [9.17, 15) is 4.79 Å². The number of pyridine rings is 1. The van der Waals surface area contributed by atoms with E-state index < -0.39 is 0 Å². The average Bonchev–Trinajstić information content (AvgIpc) is 2.62. The summed E-state index contributed by atoms with van der Waals surface area (Å²) in [5.74, 6) is -0.113. The van der Waals surface area contributed by atoms with Gasteiger partial charge in [0.2, 0.25) is 0 Å². The van der Waals surface area contributed by atoms with Crippen molar-refractivity contribution in [2.75, 3.05) is 5.32 Å². The summed E-state index contributed by atoms with van der Waals surface area (Å²) in [5, 5.41) is 2.95. The molecule has 1 aromatic heterocycles. The van der Waals surface area contributed by atoms with Gasteiger partial charge in [0.15, 0.2) is 0 Å². The quantitative estimate of drug-likeness (QED) is 0.716. The van der Waals surface area contributed by atoms with Gasteiger partial charge in [-0.25, -0.2) is 0 Å². The maximum atomic E-state index is 12.4. The molecule has 0 aliphatic rings. The Bertz CT molecular complexity index is 898. The van der Waals surface area contributed by atoms with Gasteiger partial charge in [-0.1, -0.05) is 42.8 Å². The average molecular weight is 330 g/mol. The van der Waals surface area contributed by atoms with E-state index in [1.54, 1.807) is 18.5 Å². The van der Waals surface area contributed by atoms with Crippen LogP contribution in [-0.4, -0.2) is 10.9 Å². The van der Waals surface area contributed by atoms with Crippen LogP contribution in [0.2, 0.25) is 0 Å². The summed E-state index contributed by atoms with van der Waals surface area (Å²) in [4.78, 5) is 16.4. The summed E-state index contributed by atoms with van der Waals surface area (Å²) in [7, 11) is 0. The van der Waals surface area contributed by atoms with E-state index in [0.717, 1.165) is 17.7 Å². The number of carbonyl (C=O) groups is 1. The molecular weight excluding hydrogens is 308 g/mol. The Morgan fingerprint density at radius 1 is 1.04 bits per heavy atom. The van der Waals surface area contributed by atoms with E-state index in [4.69, 9.17) is 0 Å². The third-order valence-corrected chi connectivity index (χ3v) is 4.36. The molecule has 0 atom stereocenters. The molecule has 3 aromatic rings. The van der Waals surface area contributed by atoms with Crippen LogP contribution < -0.4 is 5.32 Å². The number of anilines is 1. The minimum Gasteiger partial charge on any atom is -0.322 e. The minimum atomic E-state index is -0.113. The summed E-state index contributed by atoms with van der Waals surface area (Å²) in [6.45, 7) is 6.16. The summed E-state index contributed by atoms with van der Waals surface area (Å²) in [6, 6.07) is 16.3. The van der Waals surface area contributed by atoms with Crippen LogP contribution in [0.1, 0.15) is 34.0 Å². The molecule has 0 aliphatic carbocycles. The van der Waals surface area contributed by atoms with Crippen LogP contribution in [0.25, 0.3) is 11.1 Å². The number of rotatable bonds is 4.